The second kappa shape index (κ2) is 7.96. The molecule has 0 bridgehead atoms. The van der Waals surface area contributed by atoms with Crippen molar-refractivity contribution >= 4 is 17.4 Å². The number of pyridine rings is 2. The van der Waals surface area contributed by atoms with Gasteiger partial charge in [0, 0.05) is 44.5 Å². The number of hydrogen-bond acceptors (Lipinski definition) is 5. The Morgan fingerprint density at radius 2 is 1.89 bits per heavy atom. The molecule has 4 heterocycles. The van der Waals surface area contributed by atoms with Crippen LogP contribution in [0, 0.1) is 0 Å². The maximum Gasteiger partial charge on any atom is 0.255 e. The van der Waals surface area contributed by atoms with Crippen molar-refractivity contribution < 1.29 is 4.79 Å². The first kappa shape index (κ1) is 18.4. The molecule has 0 spiro atoms. The van der Waals surface area contributed by atoms with Crippen molar-refractivity contribution in [3.63, 3.8) is 0 Å². The number of hydrogen-bond donors (Lipinski definition) is 0. The van der Waals surface area contributed by atoms with Gasteiger partial charge in [-0.1, -0.05) is 6.07 Å². The minimum atomic E-state index is 0.0585. The molecule has 0 atom stereocenters. The van der Waals surface area contributed by atoms with Gasteiger partial charge >= 0.3 is 0 Å². The summed E-state index contributed by atoms with van der Waals surface area (Å²) in [6.07, 6.45) is 5.50. The highest BCUT2D eigenvalue weighted by molar-refractivity contribution is 5.94. The van der Waals surface area contributed by atoms with Crippen molar-refractivity contribution in [1.29, 1.82) is 0 Å². The number of likely N-dealkylation sites (tertiary alicyclic amines) is 1. The topological polar surface area (TPSA) is 66.6 Å². The van der Waals surface area contributed by atoms with Gasteiger partial charge in [-0.15, -0.1) is 10.2 Å². The minimum absolute atomic E-state index is 0.0585. The Morgan fingerprint density at radius 1 is 1.11 bits per heavy atom. The van der Waals surface area contributed by atoms with E-state index in [2.05, 4.69) is 38.3 Å². The van der Waals surface area contributed by atoms with E-state index in [4.69, 9.17) is 0 Å². The number of fused-ring (bicyclic) bond motifs is 1. The SMILES string of the molecule is CCN(CC)c1ccc(C(=O)N2CCC(c3nnc4ccccn34)CC2)cn1. The van der Waals surface area contributed by atoms with Crippen LogP contribution in [0.1, 0.15) is 48.8 Å². The predicted octanol–water partition coefficient (Wildman–Crippen LogP) is 2.99. The van der Waals surface area contributed by atoms with Crippen LogP contribution in [0.3, 0.4) is 0 Å². The minimum Gasteiger partial charge on any atom is -0.357 e. The Bertz CT molecular complexity index is 939. The van der Waals surface area contributed by atoms with Crippen LogP contribution < -0.4 is 4.90 Å². The molecule has 3 aromatic rings. The summed E-state index contributed by atoms with van der Waals surface area (Å²) in [5.41, 5.74) is 1.53. The molecule has 1 aliphatic heterocycles. The van der Waals surface area contributed by atoms with E-state index in [1.807, 2.05) is 41.4 Å². The smallest absolute Gasteiger partial charge is 0.255 e. The monoisotopic (exact) mass is 378 g/mol. The molecule has 1 fully saturated rings. The number of carbonyl (C=O) groups is 1. The maximum absolute atomic E-state index is 12.9. The van der Waals surface area contributed by atoms with Crippen molar-refractivity contribution in [2.75, 3.05) is 31.1 Å². The molecule has 1 aliphatic rings. The highest BCUT2D eigenvalue weighted by Crippen LogP contribution is 2.28. The van der Waals surface area contributed by atoms with Crippen LogP contribution in [0.4, 0.5) is 5.82 Å². The average Bonchev–Trinajstić information content (AvgIpc) is 3.19. The Labute approximate surface area is 165 Å². The summed E-state index contributed by atoms with van der Waals surface area (Å²) in [5, 5.41) is 8.64. The summed E-state index contributed by atoms with van der Waals surface area (Å²) in [5.74, 6) is 2.29. The molecule has 0 radical (unpaired) electrons. The third-order valence-corrected chi connectivity index (χ3v) is 5.57. The van der Waals surface area contributed by atoms with Crippen LogP contribution in [-0.4, -0.2) is 56.6 Å². The van der Waals surface area contributed by atoms with Gasteiger partial charge in [0.1, 0.15) is 11.6 Å². The van der Waals surface area contributed by atoms with Crippen molar-refractivity contribution in [2.45, 2.75) is 32.6 Å². The quantitative estimate of drug-likeness (QED) is 0.683. The molecule has 0 aromatic carbocycles. The highest BCUT2D eigenvalue weighted by Gasteiger charge is 2.27. The number of piperidine rings is 1. The van der Waals surface area contributed by atoms with Gasteiger partial charge in [0.2, 0.25) is 0 Å². The summed E-state index contributed by atoms with van der Waals surface area (Å²) >= 11 is 0. The molecular weight excluding hydrogens is 352 g/mol. The van der Waals surface area contributed by atoms with Crippen molar-refractivity contribution in [1.82, 2.24) is 24.5 Å². The molecule has 0 N–H and O–H groups in total. The predicted molar refractivity (Wildman–Crippen MR) is 109 cm³/mol. The summed E-state index contributed by atoms with van der Waals surface area (Å²) in [6.45, 7) is 7.47. The van der Waals surface area contributed by atoms with Gasteiger partial charge in [-0.3, -0.25) is 9.20 Å². The fourth-order valence-corrected chi connectivity index (χ4v) is 3.91. The molecule has 3 aromatic heterocycles. The van der Waals surface area contributed by atoms with Crippen molar-refractivity contribution in [2.24, 2.45) is 0 Å². The lowest BCUT2D eigenvalue weighted by atomic mass is 9.95. The first-order valence-corrected chi connectivity index (χ1v) is 10.0. The Hall–Kier alpha value is -2.96. The molecule has 146 valence electrons. The lowest BCUT2D eigenvalue weighted by Gasteiger charge is -2.31. The van der Waals surface area contributed by atoms with E-state index in [-0.39, 0.29) is 5.91 Å². The molecular formula is C21H26N6O. The normalized spacial score (nSPS) is 15.1. The number of aromatic nitrogens is 4. The first-order valence-electron chi connectivity index (χ1n) is 10.0. The van der Waals surface area contributed by atoms with Gasteiger partial charge < -0.3 is 9.80 Å². The van der Waals surface area contributed by atoms with Gasteiger partial charge in [-0.2, -0.15) is 0 Å². The molecule has 7 nitrogen and oxygen atoms in total. The fourth-order valence-electron chi connectivity index (χ4n) is 3.91. The Morgan fingerprint density at radius 3 is 2.57 bits per heavy atom. The van der Waals surface area contributed by atoms with E-state index in [9.17, 15) is 4.79 Å². The van der Waals surface area contributed by atoms with Crippen LogP contribution >= 0.6 is 0 Å². The van der Waals surface area contributed by atoms with Crippen LogP contribution in [0.15, 0.2) is 42.7 Å². The molecule has 28 heavy (non-hydrogen) atoms. The third kappa shape index (κ3) is 3.44. The molecule has 0 saturated carbocycles. The molecule has 1 amide bonds. The second-order valence-corrected chi connectivity index (χ2v) is 7.13. The summed E-state index contributed by atoms with van der Waals surface area (Å²) in [6, 6.07) is 9.75. The molecule has 1 saturated heterocycles. The standard InChI is InChI=1S/C21H26N6O/c1-3-25(4-2)18-9-8-17(15-22-18)21(28)26-13-10-16(11-14-26)20-24-23-19-7-5-6-12-27(19)20/h5-9,12,15-16H,3-4,10-11,13-14H2,1-2H3. The second-order valence-electron chi connectivity index (χ2n) is 7.13. The highest BCUT2D eigenvalue weighted by atomic mass is 16.2. The third-order valence-electron chi connectivity index (χ3n) is 5.57. The zero-order chi connectivity index (χ0) is 19.5. The van der Waals surface area contributed by atoms with E-state index in [0.717, 1.165) is 56.3 Å². The summed E-state index contributed by atoms with van der Waals surface area (Å²) in [4.78, 5) is 21.4. The van der Waals surface area contributed by atoms with E-state index in [1.165, 1.54) is 0 Å². The fraction of sp³-hybridized carbons (Fsp3) is 0.429. The first-order chi connectivity index (χ1) is 13.7. The van der Waals surface area contributed by atoms with Gasteiger partial charge in [0.05, 0.1) is 5.56 Å². The summed E-state index contributed by atoms with van der Waals surface area (Å²) < 4.78 is 2.05. The number of carbonyl (C=O) groups excluding carboxylic acids is 1. The Balaban J connectivity index is 1.41. The van der Waals surface area contributed by atoms with Crippen LogP contribution in [-0.2, 0) is 0 Å². The van der Waals surface area contributed by atoms with E-state index in [1.54, 1.807) is 6.20 Å². The Kier molecular flexibility index (Phi) is 5.23. The molecule has 4 rings (SSSR count). The van der Waals surface area contributed by atoms with Gasteiger partial charge in [0.15, 0.2) is 5.65 Å². The van der Waals surface area contributed by atoms with Gasteiger partial charge in [-0.25, -0.2) is 4.98 Å². The van der Waals surface area contributed by atoms with E-state index < -0.39 is 0 Å². The van der Waals surface area contributed by atoms with Gasteiger partial charge in [-0.05, 0) is 51.0 Å². The maximum atomic E-state index is 12.9. The molecule has 0 unspecified atom stereocenters. The number of anilines is 1. The van der Waals surface area contributed by atoms with E-state index >= 15 is 0 Å². The zero-order valence-corrected chi connectivity index (χ0v) is 16.5. The lowest BCUT2D eigenvalue weighted by molar-refractivity contribution is 0.0710. The van der Waals surface area contributed by atoms with E-state index in [0.29, 0.717) is 11.5 Å². The van der Waals surface area contributed by atoms with Crippen LogP contribution in [0.25, 0.3) is 5.65 Å². The number of nitrogens with zero attached hydrogens (tertiary/aromatic N) is 6. The average molecular weight is 378 g/mol. The lowest BCUT2D eigenvalue weighted by Crippen LogP contribution is -2.38. The van der Waals surface area contributed by atoms with Crippen molar-refractivity contribution in [3.8, 4) is 0 Å². The number of rotatable bonds is 5. The molecule has 7 heteroatoms. The van der Waals surface area contributed by atoms with Crippen LogP contribution in [0.2, 0.25) is 0 Å². The molecule has 0 aliphatic carbocycles. The number of amides is 1. The zero-order valence-electron chi connectivity index (χ0n) is 16.5. The van der Waals surface area contributed by atoms with Crippen LogP contribution in [0.5, 0.6) is 0 Å². The summed E-state index contributed by atoms with van der Waals surface area (Å²) in [7, 11) is 0. The van der Waals surface area contributed by atoms with Gasteiger partial charge in [0.25, 0.3) is 5.91 Å². The largest absolute Gasteiger partial charge is 0.357 e. The van der Waals surface area contributed by atoms with Crippen molar-refractivity contribution in [3.05, 3.63) is 54.1 Å².